The van der Waals surface area contributed by atoms with Crippen molar-refractivity contribution >= 4 is 28.9 Å². The molecule has 1 aromatic carbocycles. The van der Waals surface area contributed by atoms with Crippen LogP contribution in [0.15, 0.2) is 30.6 Å². The molecule has 0 bridgehead atoms. The Balaban J connectivity index is 1.93. The Morgan fingerprint density at radius 3 is 2.95 bits per heavy atom. The number of hydrogen-bond acceptors (Lipinski definition) is 3. The van der Waals surface area contributed by atoms with Crippen LogP contribution < -0.4 is 11.1 Å². The van der Waals surface area contributed by atoms with E-state index in [1.165, 1.54) is 0 Å². The Hall–Kier alpha value is -2.01. The van der Waals surface area contributed by atoms with Gasteiger partial charge in [-0.1, -0.05) is 11.6 Å². The van der Waals surface area contributed by atoms with Gasteiger partial charge in [0.05, 0.1) is 11.4 Å². The first-order valence-electron chi connectivity index (χ1n) is 5.89. The molecular formula is C13H15ClN4O. The molecule has 6 heteroatoms. The van der Waals surface area contributed by atoms with Crippen molar-refractivity contribution in [1.29, 1.82) is 0 Å². The number of rotatable bonds is 4. The quantitative estimate of drug-likeness (QED) is 0.844. The normalized spacial score (nSPS) is 10.4. The lowest BCUT2D eigenvalue weighted by molar-refractivity contribution is -0.116. The molecule has 1 heterocycles. The van der Waals surface area contributed by atoms with Crippen LogP contribution in [-0.4, -0.2) is 15.5 Å². The van der Waals surface area contributed by atoms with Gasteiger partial charge in [0.15, 0.2) is 0 Å². The third-order valence-corrected chi connectivity index (χ3v) is 3.03. The van der Waals surface area contributed by atoms with E-state index in [9.17, 15) is 4.79 Å². The van der Waals surface area contributed by atoms with E-state index in [1.807, 2.05) is 17.7 Å². The second-order valence-corrected chi connectivity index (χ2v) is 4.63. The zero-order chi connectivity index (χ0) is 13.8. The van der Waals surface area contributed by atoms with Crippen molar-refractivity contribution in [2.75, 3.05) is 11.1 Å². The Morgan fingerprint density at radius 1 is 1.53 bits per heavy atom. The summed E-state index contributed by atoms with van der Waals surface area (Å²) in [4.78, 5) is 15.9. The molecule has 0 fully saturated rings. The summed E-state index contributed by atoms with van der Waals surface area (Å²) < 4.78 is 1.92. The molecule has 0 saturated carbocycles. The topological polar surface area (TPSA) is 72.9 Å². The Labute approximate surface area is 116 Å². The zero-order valence-corrected chi connectivity index (χ0v) is 11.3. The summed E-state index contributed by atoms with van der Waals surface area (Å²) in [6.45, 7) is 2.49. The van der Waals surface area contributed by atoms with Crippen molar-refractivity contribution in [3.63, 3.8) is 0 Å². The predicted octanol–water partition coefficient (Wildman–Crippen LogP) is 2.46. The van der Waals surface area contributed by atoms with Crippen molar-refractivity contribution in [2.45, 2.75) is 19.9 Å². The molecule has 0 aliphatic heterocycles. The molecule has 0 aliphatic carbocycles. The summed E-state index contributed by atoms with van der Waals surface area (Å²) >= 11 is 5.80. The second-order valence-electron chi connectivity index (χ2n) is 4.20. The summed E-state index contributed by atoms with van der Waals surface area (Å²) in [6, 6.07) is 4.99. The van der Waals surface area contributed by atoms with Gasteiger partial charge in [-0.15, -0.1) is 0 Å². The molecular weight excluding hydrogens is 264 g/mol. The van der Waals surface area contributed by atoms with Crippen molar-refractivity contribution < 1.29 is 4.79 Å². The predicted molar refractivity (Wildman–Crippen MR) is 76.1 cm³/mol. The van der Waals surface area contributed by atoms with E-state index in [-0.39, 0.29) is 5.91 Å². The van der Waals surface area contributed by atoms with Gasteiger partial charge in [-0.05, 0) is 25.1 Å². The fraction of sp³-hybridized carbons (Fsp3) is 0.231. The van der Waals surface area contributed by atoms with Crippen LogP contribution >= 0.6 is 11.6 Å². The number of nitrogens with two attached hydrogens (primary N) is 1. The lowest BCUT2D eigenvalue weighted by atomic mass is 10.2. The molecule has 0 aliphatic rings. The molecule has 2 aromatic rings. The molecule has 1 amide bonds. The summed E-state index contributed by atoms with van der Waals surface area (Å²) in [5.41, 5.74) is 6.81. The molecule has 0 spiro atoms. The highest BCUT2D eigenvalue weighted by Gasteiger charge is 2.06. The van der Waals surface area contributed by atoms with E-state index >= 15 is 0 Å². The number of benzene rings is 1. The Morgan fingerprint density at radius 2 is 2.32 bits per heavy atom. The summed E-state index contributed by atoms with van der Waals surface area (Å²) in [6.07, 6.45) is 3.92. The van der Waals surface area contributed by atoms with Gasteiger partial charge in [0.25, 0.3) is 0 Å². The highest BCUT2D eigenvalue weighted by molar-refractivity contribution is 6.31. The Kier molecular flexibility index (Phi) is 4.06. The fourth-order valence-corrected chi connectivity index (χ4v) is 1.90. The van der Waals surface area contributed by atoms with Gasteiger partial charge in [0, 0.05) is 30.4 Å². The van der Waals surface area contributed by atoms with E-state index in [0.29, 0.717) is 29.4 Å². The number of imidazole rings is 1. The highest BCUT2D eigenvalue weighted by atomic mass is 35.5. The number of nitrogen functional groups attached to an aromatic ring is 1. The minimum atomic E-state index is -0.0953. The highest BCUT2D eigenvalue weighted by Crippen LogP contribution is 2.22. The second kappa shape index (κ2) is 5.75. The van der Waals surface area contributed by atoms with Crippen LogP contribution in [0.4, 0.5) is 11.4 Å². The number of carbonyl (C=O) groups excluding carboxylic acids is 1. The van der Waals surface area contributed by atoms with E-state index < -0.39 is 0 Å². The first-order chi connectivity index (χ1) is 9.06. The monoisotopic (exact) mass is 278 g/mol. The van der Waals surface area contributed by atoms with Gasteiger partial charge in [0.2, 0.25) is 5.91 Å². The molecule has 3 N–H and O–H groups in total. The number of aryl methyl sites for hydroxylation is 2. The average Bonchev–Trinajstić information content (AvgIpc) is 2.76. The standard InChI is InChI=1S/C13H15ClN4O/c1-9-16-5-7-18(9)6-4-13(19)17-12-3-2-10(14)8-11(12)15/h2-3,5,7-8H,4,6,15H2,1H3,(H,17,19). The van der Waals surface area contributed by atoms with E-state index in [0.717, 1.165) is 5.82 Å². The van der Waals surface area contributed by atoms with Crippen LogP contribution in [0.5, 0.6) is 0 Å². The third-order valence-electron chi connectivity index (χ3n) is 2.79. The van der Waals surface area contributed by atoms with Crippen LogP contribution in [0.25, 0.3) is 0 Å². The maximum absolute atomic E-state index is 11.8. The number of carbonyl (C=O) groups is 1. The minimum Gasteiger partial charge on any atom is -0.397 e. The minimum absolute atomic E-state index is 0.0953. The lowest BCUT2D eigenvalue weighted by Gasteiger charge is -2.09. The number of nitrogens with one attached hydrogen (secondary N) is 1. The van der Waals surface area contributed by atoms with Crippen molar-refractivity contribution in [3.8, 4) is 0 Å². The molecule has 0 saturated heterocycles. The number of nitrogens with zero attached hydrogens (tertiary/aromatic N) is 2. The van der Waals surface area contributed by atoms with E-state index in [1.54, 1.807) is 24.4 Å². The SMILES string of the molecule is Cc1nccn1CCC(=O)Nc1ccc(Cl)cc1N. The van der Waals surface area contributed by atoms with Crippen LogP contribution in [0, 0.1) is 6.92 Å². The molecule has 0 atom stereocenters. The maximum atomic E-state index is 11.8. The fourth-order valence-electron chi connectivity index (χ4n) is 1.72. The van der Waals surface area contributed by atoms with Crippen LogP contribution in [0.3, 0.4) is 0 Å². The van der Waals surface area contributed by atoms with Crippen LogP contribution in [0.1, 0.15) is 12.2 Å². The molecule has 100 valence electrons. The summed E-state index contributed by atoms with van der Waals surface area (Å²) in [7, 11) is 0. The van der Waals surface area contributed by atoms with Crippen LogP contribution in [0.2, 0.25) is 5.02 Å². The van der Waals surface area contributed by atoms with Gasteiger partial charge in [-0.2, -0.15) is 0 Å². The van der Waals surface area contributed by atoms with Crippen molar-refractivity contribution in [3.05, 3.63) is 41.4 Å². The molecule has 19 heavy (non-hydrogen) atoms. The van der Waals surface area contributed by atoms with Gasteiger partial charge >= 0.3 is 0 Å². The van der Waals surface area contributed by atoms with Gasteiger partial charge in [-0.25, -0.2) is 4.98 Å². The van der Waals surface area contributed by atoms with Crippen LogP contribution in [-0.2, 0) is 11.3 Å². The van der Waals surface area contributed by atoms with Crippen molar-refractivity contribution in [1.82, 2.24) is 9.55 Å². The molecule has 2 rings (SSSR count). The van der Waals surface area contributed by atoms with E-state index in [4.69, 9.17) is 17.3 Å². The molecule has 0 radical (unpaired) electrons. The Bertz CT molecular complexity index is 594. The largest absolute Gasteiger partial charge is 0.397 e. The average molecular weight is 279 g/mol. The van der Waals surface area contributed by atoms with Gasteiger partial charge < -0.3 is 15.6 Å². The summed E-state index contributed by atoms with van der Waals surface area (Å²) in [5, 5.41) is 3.31. The number of hydrogen-bond donors (Lipinski definition) is 2. The first kappa shape index (κ1) is 13.4. The van der Waals surface area contributed by atoms with Crippen molar-refractivity contribution in [2.24, 2.45) is 0 Å². The number of aromatic nitrogens is 2. The molecule has 1 aromatic heterocycles. The number of anilines is 2. The third kappa shape index (κ3) is 3.48. The van der Waals surface area contributed by atoms with E-state index in [2.05, 4.69) is 10.3 Å². The molecule has 0 unspecified atom stereocenters. The lowest BCUT2D eigenvalue weighted by Crippen LogP contribution is -2.15. The number of halogens is 1. The first-order valence-corrected chi connectivity index (χ1v) is 6.26. The number of amides is 1. The zero-order valence-electron chi connectivity index (χ0n) is 10.6. The summed E-state index contributed by atoms with van der Waals surface area (Å²) in [5.74, 6) is 0.793. The maximum Gasteiger partial charge on any atom is 0.226 e. The van der Waals surface area contributed by atoms with Gasteiger partial charge in [0.1, 0.15) is 5.82 Å². The molecule has 5 nitrogen and oxygen atoms in total. The smallest absolute Gasteiger partial charge is 0.226 e. The van der Waals surface area contributed by atoms with Gasteiger partial charge in [-0.3, -0.25) is 4.79 Å².